The van der Waals surface area contributed by atoms with Crippen LogP contribution in [0.15, 0.2) is 35.4 Å². The fourth-order valence-corrected chi connectivity index (χ4v) is 4.12. The third-order valence-electron chi connectivity index (χ3n) is 4.10. The van der Waals surface area contributed by atoms with Crippen molar-refractivity contribution >= 4 is 29.1 Å². The molecule has 0 amide bonds. The summed E-state index contributed by atoms with van der Waals surface area (Å²) in [6.45, 7) is 3.17. The quantitative estimate of drug-likeness (QED) is 0.791. The van der Waals surface area contributed by atoms with Crippen molar-refractivity contribution in [2.75, 3.05) is 13.6 Å². The highest BCUT2D eigenvalue weighted by atomic mass is 32.2. The zero-order valence-electron chi connectivity index (χ0n) is 13.2. The average Bonchev–Trinajstić information content (AvgIpc) is 3.04. The van der Waals surface area contributed by atoms with Crippen molar-refractivity contribution in [3.05, 3.63) is 47.2 Å². The van der Waals surface area contributed by atoms with Crippen molar-refractivity contribution in [2.24, 2.45) is 0 Å². The van der Waals surface area contributed by atoms with Crippen LogP contribution < -0.4 is 0 Å². The summed E-state index contributed by atoms with van der Waals surface area (Å²) in [5.74, 6) is 0.837. The standard InChI is InChI=1S/C17H18N4S2/c1-12-3-8-15(10-21(12)2)16-17(20-23-19-16)22-11-14-6-4-13(9-18)5-7-14/h4-8,12H,3,10-11H2,1-2H3. The van der Waals surface area contributed by atoms with Crippen LogP contribution in [0.5, 0.6) is 0 Å². The van der Waals surface area contributed by atoms with Crippen LogP contribution in [-0.2, 0) is 5.75 Å². The first kappa shape index (κ1) is 16.2. The third-order valence-corrected chi connectivity index (χ3v) is 5.78. The fourth-order valence-electron chi connectivity index (χ4n) is 2.45. The van der Waals surface area contributed by atoms with Crippen LogP contribution in [0.1, 0.15) is 30.2 Å². The van der Waals surface area contributed by atoms with Crippen LogP contribution in [0.4, 0.5) is 0 Å². The molecule has 3 rings (SSSR count). The van der Waals surface area contributed by atoms with Crippen molar-refractivity contribution < 1.29 is 0 Å². The number of nitriles is 1. The Hall–Kier alpha value is -1.68. The predicted octanol–water partition coefficient (Wildman–Crippen LogP) is 3.81. The van der Waals surface area contributed by atoms with Gasteiger partial charge in [-0.3, -0.25) is 4.90 Å². The molecule has 0 saturated carbocycles. The average molecular weight is 342 g/mol. The number of likely N-dealkylation sites (N-methyl/N-ethyl adjacent to an activating group) is 1. The lowest BCUT2D eigenvalue weighted by Gasteiger charge is -2.29. The molecular weight excluding hydrogens is 324 g/mol. The van der Waals surface area contributed by atoms with E-state index in [0.717, 1.165) is 29.4 Å². The zero-order chi connectivity index (χ0) is 16.2. The molecule has 4 nitrogen and oxygen atoms in total. The number of hydrogen-bond acceptors (Lipinski definition) is 6. The third kappa shape index (κ3) is 3.81. The van der Waals surface area contributed by atoms with Crippen LogP contribution >= 0.6 is 23.5 Å². The van der Waals surface area contributed by atoms with Gasteiger partial charge in [-0.15, -0.1) is 0 Å². The molecule has 2 aromatic rings. The van der Waals surface area contributed by atoms with E-state index in [-0.39, 0.29) is 0 Å². The van der Waals surface area contributed by atoms with Crippen LogP contribution in [0.2, 0.25) is 0 Å². The largest absolute Gasteiger partial charge is 0.299 e. The first-order valence-electron chi connectivity index (χ1n) is 7.51. The second-order valence-corrected chi connectivity index (χ2v) is 7.24. The predicted molar refractivity (Wildman–Crippen MR) is 95.3 cm³/mol. The Balaban J connectivity index is 1.70. The van der Waals surface area contributed by atoms with Gasteiger partial charge < -0.3 is 0 Å². The van der Waals surface area contributed by atoms with Gasteiger partial charge in [-0.1, -0.05) is 30.0 Å². The van der Waals surface area contributed by atoms with Crippen molar-refractivity contribution in [1.82, 2.24) is 13.6 Å². The molecule has 1 aliphatic heterocycles. The number of rotatable bonds is 4. The molecule has 0 N–H and O–H groups in total. The summed E-state index contributed by atoms with van der Waals surface area (Å²) in [5, 5.41) is 9.85. The Morgan fingerprint density at radius 3 is 2.83 bits per heavy atom. The summed E-state index contributed by atoms with van der Waals surface area (Å²) in [7, 11) is 2.15. The Labute approximate surface area is 145 Å². The molecule has 23 heavy (non-hydrogen) atoms. The molecule has 1 aromatic heterocycles. The minimum Gasteiger partial charge on any atom is -0.299 e. The van der Waals surface area contributed by atoms with E-state index in [4.69, 9.17) is 5.26 Å². The molecule has 118 valence electrons. The molecule has 1 unspecified atom stereocenters. The van der Waals surface area contributed by atoms with Gasteiger partial charge in [0.2, 0.25) is 0 Å². The maximum Gasteiger partial charge on any atom is 0.138 e. The van der Waals surface area contributed by atoms with Crippen molar-refractivity contribution in [3.8, 4) is 6.07 Å². The number of aromatic nitrogens is 2. The lowest BCUT2D eigenvalue weighted by Crippen LogP contribution is -2.33. The van der Waals surface area contributed by atoms with Gasteiger partial charge in [-0.2, -0.15) is 14.0 Å². The van der Waals surface area contributed by atoms with E-state index in [9.17, 15) is 0 Å². The maximum absolute atomic E-state index is 8.85. The van der Waals surface area contributed by atoms with E-state index >= 15 is 0 Å². The SMILES string of the molecule is CC1CC=C(c2nsnc2SCc2ccc(C#N)cc2)CN1C. The molecule has 0 aliphatic carbocycles. The maximum atomic E-state index is 8.85. The molecule has 1 aromatic carbocycles. The van der Waals surface area contributed by atoms with E-state index in [1.807, 2.05) is 24.3 Å². The van der Waals surface area contributed by atoms with E-state index in [0.29, 0.717) is 11.6 Å². The second-order valence-electron chi connectivity index (χ2n) is 5.74. The summed E-state index contributed by atoms with van der Waals surface area (Å²) in [6, 6.07) is 10.4. The monoisotopic (exact) mass is 342 g/mol. The minimum atomic E-state index is 0.583. The summed E-state index contributed by atoms with van der Waals surface area (Å²) >= 11 is 2.99. The van der Waals surface area contributed by atoms with E-state index in [1.165, 1.54) is 22.9 Å². The van der Waals surface area contributed by atoms with Gasteiger partial charge in [0, 0.05) is 18.3 Å². The molecule has 2 heterocycles. The number of hydrogen-bond donors (Lipinski definition) is 0. The normalized spacial score (nSPS) is 18.5. The van der Waals surface area contributed by atoms with Crippen molar-refractivity contribution in [2.45, 2.75) is 30.2 Å². The topological polar surface area (TPSA) is 52.8 Å². The second kappa shape index (κ2) is 7.26. The summed E-state index contributed by atoms with van der Waals surface area (Å²) in [5.41, 5.74) is 4.20. The van der Waals surface area contributed by atoms with Gasteiger partial charge in [0.25, 0.3) is 0 Å². The fraction of sp³-hybridized carbons (Fsp3) is 0.353. The lowest BCUT2D eigenvalue weighted by atomic mass is 10.0. The van der Waals surface area contributed by atoms with Gasteiger partial charge >= 0.3 is 0 Å². The Bertz CT molecular complexity index is 743. The molecular formula is C17H18N4S2. The Morgan fingerprint density at radius 1 is 1.35 bits per heavy atom. The number of thioether (sulfide) groups is 1. The molecule has 0 bridgehead atoms. The van der Waals surface area contributed by atoms with E-state index < -0.39 is 0 Å². The van der Waals surface area contributed by atoms with Crippen LogP contribution in [0.25, 0.3) is 5.57 Å². The number of nitrogens with zero attached hydrogens (tertiary/aromatic N) is 4. The highest BCUT2D eigenvalue weighted by Gasteiger charge is 2.21. The van der Waals surface area contributed by atoms with Crippen LogP contribution in [0, 0.1) is 11.3 Å². The van der Waals surface area contributed by atoms with Crippen molar-refractivity contribution in [3.63, 3.8) is 0 Å². The first-order chi connectivity index (χ1) is 11.2. The molecule has 0 fully saturated rings. The highest BCUT2D eigenvalue weighted by Crippen LogP contribution is 2.31. The molecule has 0 radical (unpaired) electrons. The van der Waals surface area contributed by atoms with Crippen LogP contribution in [0.3, 0.4) is 0 Å². The first-order valence-corrected chi connectivity index (χ1v) is 9.23. The Kier molecular flexibility index (Phi) is 5.11. The highest BCUT2D eigenvalue weighted by molar-refractivity contribution is 7.98. The van der Waals surface area contributed by atoms with Crippen molar-refractivity contribution in [1.29, 1.82) is 5.26 Å². The molecule has 6 heteroatoms. The smallest absolute Gasteiger partial charge is 0.138 e. The number of benzene rings is 1. The summed E-state index contributed by atoms with van der Waals surface area (Å²) in [4.78, 5) is 2.35. The van der Waals surface area contributed by atoms with E-state index in [2.05, 4.69) is 39.8 Å². The minimum absolute atomic E-state index is 0.583. The zero-order valence-corrected chi connectivity index (χ0v) is 14.8. The summed E-state index contributed by atoms with van der Waals surface area (Å²) in [6.07, 6.45) is 3.36. The van der Waals surface area contributed by atoms with Gasteiger partial charge in [0.1, 0.15) is 10.7 Å². The van der Waals surface area contributed by atoms with E-state index in [1.54, 1.807) is 11.8 Å². The molecule has 0 saturated heterocycles. The lowest BCUT2D eigenvalue weighted by molar-refractivity contribution is 0.280. The molecule has 0 spiro atoms. The summed E-state index contributed by atoms with van der Waals surface area (Å²) < 4.78 is 8.98. The molecule has 1 atom stereocenters. The van der Waals surface area contributed by atoms with Gasteiger partial charge in [0.15, 0.2) is 0 Å². The van der Waals surface area contributed by atoms with Gasteiger partial charge in [0.05, 0.1) is 23.4 Å². The van der Waals surface area contributed by atoms with Crippen LogP contribution in [-0.4, -0.2) is 33.3 Å². The van der Waals surface area contributed by atoms with Gasteiger partial charge in [-0.25, -0.2) is 0 Å². The molecule has 1 aliphatic rings. The van der Waals surface area contributed by atoms with Gasteiger partial charge in [-0.05, 0) is 43.7 Å². The Morgan fingerprint density at radius 2 is 2.13 bits per heavy atom.